The highest BCUT2D eigenvalue weighted by molar-refractivity contribution is 6.42. The summed E-state index contributed by atoms with van der Waals surface area (Å²) < 4.78 is 10.7. The summed E-state index contributed by atoms with van der Waals surface area (Å²) in [5, 5.41) is 8.41. The van der Waals surface area contributed by atoms with E-state index in [4.69, 9.17) is 32.7 Å². The molecular weight excluding hydrogens is 517 g/mol. The van der Waals surface area contributed by atoms with Crippen molar-refractivity contribution in [1.29, 1.82) is 0 Å². The molecule has 4 aromatic rings. The van der Waals surface area contributed by atoms with Crippen molar-refractivity contribution in [2.75, 3.05) is 12.4 Å². The number of hydrazone groups is 1. The number of esters is 1. The molecule has 0 aliphatic rings. The molecular formula is C27H19Cl2N3O5. The number of benzene rings is 4. The van der Waals surface area contributed by atoms with Gasteiger partial charge in [-0.2, -0.15) is 5.10 Å². The number of amides is 2. The first kappa shape index (κ1) is 25.7. The van der Waals surface area contributed by atoms with Gasteiger partial charge in [0.15, 0.2) is 0 Å². The number of fused-ring (bicyclic) bond motifs is 1. The molecule has 37 heavy (non-hydrogen) atoms. The van der Waals surface area contributed by atoms with Crippen LogP contribution >= 0.6 is 23.2 Å². The van der Waals surface area contributed by atoms with E-state index >= 15 is 0 Å². The number of hydrogen-bond donors (Lipinski definition) is 2. The van der Waals surface area contributed by atoms with Gasteiger partial charge in [-0.3, -0.25) is 9.59 Å². The Bertz CT molecular complexity index is 1520. The van der Waals surface area contributed by atoms with Crippen LogP contribution in [0.15, 0.2) is 84.0 Å². The van der Waals surface area contributed by atoms with E-state index in [9.17, 15) is 14.4 Å². The van der Waals surface area contributed by atoms with E-state index in [1.165, 1.54) is 25.5 Å². The number of rotatable bonds is 6. The Kier molecular flexibility index (Phi) is 8.02. The van der Waals surface area contributed by atoms with Crippen molar-refractivity contribution in [2.24, 2.45) is 5.10 Å². The summed E-state index contributed by atoms with van der Waals surface area (Å²) in [6.07, 6.45) is 1.30. The molecule has 4 rings (SSSR count). The monoisotopic (exact) mass is 535 g/mol. The van der Waals surface area contributed by atoms with Crippen LogP contribution in [-0.4, -0.2) is 31.1 Å². The summed E-state index contributed by atoms with van der Waals surface area (Å²) in [5.74, 6) is -1.80. The minimum Gasteiger partial charge on any atom is -0.497 e. The summed E-state index contributed by atoms with van der Waals surface area (Å²) in [7, 11) is 1.53. The molecule has 0 aliphatic carbocycles. The van der Waals surface area contributed by atoms with Gasteiger partial charge < -0.3 is 14.8 Å². The van der Waals surface area contributed by atoms with Crippen LogP contribution in [0.5, 0.6) is 11.5 Å². The van der Waals surface area contributed by atoms with Crippen LogP contribution in [0, 0.1) is 0 Å². The van der Waals surface area contributed by atoms with E-state index in [2.05, 4.69) is 15.8 Å². The Hall–Kier alpha value is -4.40. The van der Waals surface area contributed by atoms with E-state index in [0.29, 0.717) is 21.9 Å². The molecule has 186 valence electrons. The summed E-state index contributed by atoms with van der Waals surface area (Å²) in [6, 6.07) is 21.7. The fraction of sp³-hybridized carbons (Fsp3) is 0.0370. The lowest BCUT2D eigenvalue weighted by Crippen LogP contribution is -2.32. The topological polar surface area (TPSA) is 106 Å². The molecule has 0 fully saturated rings. The smallest absolute Gasteiger partial charge is 0.343 e. The van der Waals surface area contributed by atoms with Gasteiger partial charge in [-0.15, -0.1) is 0 Å². The normalized spacial score (nSPS) is 10.8. The number of halogens is 2. The SMILES string of the molecule is COc1ccc(C(=O)Oc2ccc3ccccc3c2/C=N\NC(=O)C(=O)Nc2cc(Cl)ccc2Cl)cc1. The summed E-state index contributed by atoms with van der Waals surface area (Å²) >= 11 is 11.9. The fourth-order valence-electron chi connectivity index (χ4n) is 3.36. The van der Waals surface area contributed by atoms with Gasteiger partial charge in [-0.1, -0.05) is 53.5 Å². The standard InChI is InChI=1S/C27H19Cl2N3O5/c1-36-19-10-6-17(7-11-19)27(35)37-24-13-8-16-4-2-3-5-20(16)21(24)15-30-32-26(34)25(33)31-23-14-18(28)9-12-22(23)29/h2-15H,1H3,(H,31,33)(H,32,34)/b30-15-. The van der Waals surface area contributed by atoms with E-state index in [1.54, 1.807) is 42.5 Å². The van der Waals surface area contributed by atoms with Crippen LogP contribution in [0.2, 0.25) is 10.0 Å². The predicted molar refractivity (Wildman–Crippen MR) is 143 cm³/mol. The first-order valence-corrected chi connectivity index (χ1v) is 11.6. The summed E-state index contributed by atoms with van der Waals surface area (Å²) in [4.78, 5) is 37.3. The van der Waals surface area contributed by atoms with Crippen LogP contribution in [0.1, 0.15) is 15.9 Å². The van der Waals surface area contributed by atoms with Crippen molar-refractivity contribution in [3.63, 3.8) is 0 Å². The predicted octanol–water partition coefficient (Wildman–Crippen LogP) is 5.46. The van der Waals surface area contributed by atoms with Gasteiger partial charge in [-0.05, 0) is 59.3 Å². The third kappa shape index (κ3) is 6.24. The van der Waals surface area contributed by atoms with Crippen LogP contribution in [-0.2, 0) is 9.59 Å². The number of nitrogens with zero attached hydrogens (tertiary/aromatic N) is 1. The maximum absolute atomic E-state index is 12.7. The third-order valence-electron chi connectivity index (χ3n) is 5.20. The van der Waals surface area contributed by atoms with Gasteiger partial charge in [0.2, 0.25) is 0 Å². The quantitative estimate of drug-likeness (QED) is 0.112. The highest BCUT2D eigenvalue weighted by atomic mass is 35.5. The van der Waals surface area contributed by atoms with Gasteiger partial charge in [0, 0.05) is 10.6 Å². The number of ether oxygens (including phenoxy) is 2. The maximum atomic E-state index is 12.7. The van der Waals surface area contributed by atoms with Crippen molar-refractivity contribution in [2.45, 2.75) is 0 Å². The lowest BCUT2D eigenvalue weighted by Gasteiger charge is -2.11. The average Bonchev–Trinajstić information content (AvgIpc) is 2.91. The number of nitrogens with one attached hydrogen (secondary N) is 2. The van der Waals surface area contributed by atoms with Crippen molar-refractivity contribution in [3.05, 3.63) is 100 Å². The lowest BCUT2D eigenvalue weighted by molar-refractivity contribution is -0.136. The molecule has 0 saturated heterocycles. The van der Waals surface area contributed by atoms with Crippen molar-refractivity contribution in [1.82, 2.24) is 5.43 Å². The first-order chi connectivity index (χ1) is 17.9. The number of anilines is 1. The molecule has 4 aromatic carbocycles. The van der Waals surface area contributed by atoms with Gasteiger partial charge in [0.25, 0.3) is 0 Å². The van der Waals surface area contributed by atoms with Crippen molar-refractivity contribution in [3.8, 4) is 11.5 Å². The van der Waals surface area contributed by atoms with Crippen molar-refractivity contribution >= 4 is 63.7 Å². The Morgan fingerprint density at radius 2 is 1.65 bits per heavy atom. The van der Waals surface area contributed by atoms with Crippen LogP contribution in [0.3, 0.4) is 0 Å². The van der Waals surface area contributed by atoms with Crippen LogP contribution in [0.4, 0.5) is 5.69 Å². The third-order valence-corrected chi connectivity index (χ3v) is 5.77. The largest absolute Gasteiger partial charge is 0.497 e. The zero-order valence-electron chi connectivity index (χ0n) is 19.3. The Labute approximate surface area is 221 Å². The first-order valence-electron chi connectivity index (χ1n) is 10.8. The van der Waals surface area contributed by atoms with Gasteiger partial charge in [-0.25, -0.2) is 10.2 Å². The summed E-state index contributed by atoms with van der Waals surface area (Å²) in [6.45, 7) is 0. The van der Waals surface area contributed by atoms with E-state index in [1.807, 2.05) is 24.3 Å². The number of carbonyl (C=O) groups excluding carboxylic acids is 3. The molecule has 0 heterocycles. The molecule has 0 radical (unpaired) electrons. The minimum absolute atomic E-state index is 0.181. The molecule has 0 aliphatic heterocycles. The van der Waals surface area contributed by atoms with Crippen LogP contribution in [0.25, 0.3) is 10.8 Å². The number of methoxy groups -OCH3 is 1. The highest BCUT2D eigenvalue weighted by Crippen LogP contribution is 2.28. The average molecular weight is 536 g/mol. The van der Waals surface area contributed by atoms with Gasteiger partial charge >= 0.3 is 17.8 Å². The molecule has 2 N–H and O–H groups in total. The Morgan fingerprint density at radius 1 is 0.892 bits per heavy atom. The molecule has 2 amide bonds. The lowest BCUT2D eigenvalue weighted by atomic mass is 10.0. The second-order valence-corrected chi connectivity index (χ2v) is 8.44. The molecule has 0 spiro atoms. The second kappa shape index (κ2) is 11.6. The van der Waals surface area contributed by atoms with E-state index < -0.39 is 17.8 Å². The Morgan fingerprint density at radius 3 is 2.41 bits per heavy atom. The van der Waals surface area contributed by atoms with Crippen molar-refractivity contribution < 1.29 is 23.9 Å². The fourth-order valence-corrected chi connectivity index (χ4v) is 3.70. The highest BCUT2D eigenvalue weighted by Gasteiger charge is 2.16. The molecule has 0 bridgehead atoms. The molecule has 0 aromatic heterocycles. The van der Waals surface area contributed by atoms with E-state index in [-0.39, 0.29) is 16.5 Å². The molecule has 0 saturated carbocycles. The minimum atomic E-state index is -1.04. The molecule has 10 heteroatoms. The van der Waals surface area contributed by atoms with Gasteiger partial charge in [0.1, 0.15) is 11.5 Å². The zero-order valence-corrected chi connectivity index (χ0v) is 20.8. The molecule has 8 nitrogen and oxygen atoms in total. The van der Waals surface area contributed by atoms with Gasteiger partial charge in [0.05, 0.1) is 29.6 Å². The molecule has 0 atom stereocenters. The zero-order chi connectivity index (χ0) is 26.4. The maximum Gasteiger partial charge on any atom is 0.343 e. The summed E-state index contributed by atoms with van der Waals surface area (Å²) in [5.41, 5.74) is 3.09. The molecule has 0 unspecified atom stereocenters. The van der Waals surface area contributed by atoms with Crippen LogP contribution < -0.4 is 20.2 Å². The van der Waals surface area contributed by atoms with E-state index in [0.717, 1.165) is 10.8 Å². The number of hydrogen-bond acceptors (Lipinski definition) is 6. The Balaban J connectivity index is 1.53. The number of carbonyl (C=O) groups is 3. The second-order valence-electron chi connectivity index (χ2n) is 7.59.